The summed E-state index contributed by atoms with van der Waals surface area (Å²) in [6.07, 6.45) is 4.10. The molecule has 2 aliphatic rings. The third-order valence-electron chi connectivity index (χ3n) is 7.73. The molecule has 3 heterocycles. The number of carbonyl (C=O) groups excluding carboxylic acids is 2. The van der Waals surface area contributed by atoms with Crippen LogP contribution in [0.4, 0.5) is 5.69 Å². The highest BCUT2D eigenvalue weighted by molar-refractivity contribution is 6.71. The van der Waals surface area contributed by atoms with Crippen LogP contribution in [0.2, 0.25) is 18.6 Å². The van der Waals surface area contributed by atoms with Crippen molar-refractivity contribution in [3.63, 3.8) is 0 Å². The number of hydrogen-bond donors (Lipinski definition) is 2. The van der Waals surface area contributed by atoms with Crippen molar-refractivity contribution in [3.8, 4) is 0 Å². The zero-order valence-corrected chi connectivity index (χ0v) is 23.1. The average Bonchev–Trinajstić information content (AvgIpc) is 3.50. The van der Waals surface area contributed by atoms with E-state index >= 15 is 0 Å². The smallest absolute Gasteiger partial charge is 0.305 e. The standard InChI is InChI=1S/C26H38N4O6Si/c1-18-24(37(3,4)34)22(12-15-29-17-19(13-16-31)27-28-29)36-26(18)20-9-5-6-10-21(20)30(25(26)33)14-8-7-11-23(32)35-2/h5-6,9-10,17-18,22,24,31,34H,7-8,11-16H2,1-4H3/t18-,22+,24-,26+/m0/s1. The Hall–Kier alpha value is -2.60. The summed E-state index contributed by atoms with van der Waals surface area (Å²) in [6.45, 7) is 6.87. The Balaban J connectivity index is 1.58. The van der Waals surface area contributed by atoms with Crippen molar-refractivity contribution in [2.24, 2.45) is 5.92 Å². The number of carbonyl (C=O) groups is 2. The SMILES string of the molecule is COC(=O)CCCCN1C(=O)[C@]2(O[C@H](CCn3cc(CCO)nn3)[C@@H]([Si](C)(C)O)[C@@H]2C)c2ccccc21. The van der Waals surface area contributed by atoms with Gasteiger partial charge in [0.1, 0.15) is 0 Å². The van der Waals surface area contributed by atoms with E-state index in [4.69, 9.17) is 14.6 Å². The van der Waals surface area contributed by atoms with E-state index in [1.54, 1.807) is 9.58 Å². The van der Waals surface area contributed by atoms with Gasteiger partial charge in [-0.1, -0.05) is 30.3 Å². The van der Waals surface area contributed by atoms with Gasteiger partial charge >= 0.3 is 5.97 Å². The van der Waals surface area contributed by atoms with E-state index in [0.29, 0.717) is 45.2 Å². The lowest BCUT2D eigenvalue weighted by molar-refractivity contribution is -0.146. The Kier molecular flexibility index (Phi) is 8.17. The van der Waals surface area contributed by atoms with E-state index in [0.717, 1.165) is 16.9 Å². The molecule has 37 heavy (non-hydrogen) atoms. The van der Waals surface area contributed by atoms with Crippen molar-refractivity contribution in [3.05, 3.63) is 41.7 Å². The number of unbranched alkanes of at least 4 members (excludes halogenated alkanes) is 1. The first-order valence-corrected chi connectivity index (χ1v) is 16.0. The maximum absolute atomic E-state index is 14.1. The first kappa shape index (κ1) is 27.4. The van der Waals surface area contributed by atoms with Gasteiger partial charge in [-0.3, -0.25) is 14.3 Å². The Bertz CT molecular complexity index is 1120. The van der Waals surface area contributed by atoms with Gasteiger partial charge in [-0.15, -0.1) is 5.10 Å². The second kappa shape index (κ2) is 11.0. The number of ether oxygens (including phenoxy) is 2. The van der Waals surface area contributed by atoms with Gasteiger partial charge in [0.25, 0.3) is 5.91 Å². The molecule has 1 aromatic heterocycles. The fourth-order valence-corrected chi connectivity index (χ4v) is 8.70. The van der Waals surface area contributed by atoms with Crippen LogP contribution in [-0.2, 0) is 37.6 Å². The van der Waals surface area contributed by atoms with Crippen LogP contribution in [-0.4, -0.2) is 71.5 Å². The summed E-state index contributed by atoms with van der Waals surface area (Å²) in [5.41, 5.74) is 1.07. The number of aliphatic hydroxyl groups is 1. The van der Waals surface area contributed by atoms with Crippen LogP contribution < -0.4 is 4.90 Å². The molecule has 2 aromatic rings. The van der Waals surface area contributed by atoms with Gasteiger partial charge in [0.15, 0.2) is 13.9 Å². The Labute approximate surface area is 218 Å². The number of amides is 1. The van der Waals surface area contributed by atoms with Crippen LogP contribution in [0.3, 0.4) is 0 Å². The maximum Gasteiger partial charge on any atom is 0.305 e. The molecule has 2 aliphatic heterocycles. The molecule has 4 rings (SSSR count). The fraction of sp³-hybridized carbons (Fsp3) is 0.615. The molecule has 0 saturated carbocycles. The Morgan fingerprint density at radius 1 is 1.24 bits per heavy atom. The monoisotopic (exact) mass is 530 g/mol. The number of anilines is 1. The van der Waals surface area contributed by atoms with Gasteiger partial charge in [0.2, 0.25) is 0 Å². The molecule has 0 bridgehead atoms. The van der Waals surface area contributed by atoms with Gasteiger partial charge in [0, 0.05) is 55.8 Å². The van der Waals surface area contributed by atoms with Crippen LogP contribution in [0.1, 0.15) is 43.9 Å². The number of aliphatic hydroxyl groups excluding tert-OH is 1. The van der Waals surface area contributed by atoms with E-state index in [-0.39, 0.29) is 36.0 Å². The Morgan fingerprint density at radius 3 is 2.70 bits per heavy atom. The number of aromatic nitrogens is 3. The van der Waals surface area contributed by atoms with Crippen molar-refractivity contribution in [2.45, 2.75) is 75.9 Å². The van der Waals surface area contributed by atoms with Crippen LogP contribution in [0.25, 0.3) is 0 Å². The van der Waals surface area contributed by atoms with Crippen molar-refractivity contribution in [1.29, 1.82) is 0 Å². The minimum atomic E-state index is -2.74. The van der Waals surface area contributed by atoms with Gasteiger partial charge in [-0.25, -0.2) is 0 Å². The summed E-state index contributed by atoms with van der Waals surface area (Å²) in [5, 5.41) is 17.4. The maximum atomic E-state index is 14.1. The Morgan fingerprint density at radius 2 is 2.00 bits per heavy atom. The second-order valence-corrected chi connectivity index (χ2v) is 14.6. The van der Waals surface area contributed by atoms with Crippen molar-refractivity contribution in [1.82, 2.24) is 15.0 Å². The quantitative estimate of drug-likeness (QED) is 0.258. The molecule has 2 N–H and O–H groups in total. The van der Waals surface area contributed by atoms with Gasteiger partial charge < -0.3 is 24.3 Å². The van der Waals surface area contributed by atoms with Crippen molar-refractivity contribution < 1.29 is 29.0 Å². The van der Waals surface area contributed by atoms with E-state index in [1.165, 1.54) is 7.11 Å². The summed E-state index contributed by atoms with van der Waals surface area (Å²) in [4.78, 5) is 38.8. The molecular weight excluding hydrogens is 492 g/mol. The molecular formula is C26H38N4O6Si. The number of rotatable bonds is 11. The van der Waals surface area contributed by atoms with Crippen LogP contribution in [0, 0.1) is 5.92 Å². The normalized spacial score (nSPS) is 25.2. The number of hydrogen-bond acceptors (Lipinski definition) is 8. The number of para-hydroxylation sites is 1. The average molecular weight is 531 g/mol. The highest BCUT2D eigenvalue weighted by atomic mass is 28.4. The molecule has 0 aliphatic carbocycles. The minimum Gasteiger partial charge on any atom is -0.469 e. The molecule has 1 aromatic carbocycles. The summed E-state index contributed by atoms with van der Waals surface area (Å²) in [7, 11) is -1.36. The highest BCUT2D eigenvalue weighted by Crippen LogP contribution is 2.59. The number of benzene rings is 1. The first-order chi connectivity index (χ1) is 17.6. The molecule has 10 nitrogen and oxygen atoms in total. The minimum absolute atomic E-state index is 0.0115. The molecule has 1 saturated heterocycles. The van der Waals surface area contributed by atoms with E-state index in [1.807, 2.05) is 50.5 Å². The lowest BCUT2D eigenvalue weighted by Gasteiger charge is -2.32. The van der Waals surface area contributed by atoms with E-state index in [9.17, 15) is 14.4 Å². The van der Waals surface area contributed by atoms with Gasteiger partial charge in [-0.2, -0.15) is 0 Å². The van der Waals surface area contributed by atoms with Gasteiger partial charge in [0.05, 0.1) is 24.6 Å². The highest BCUT2D eigenvalue weighted by Gasteiger charge is 2.65. The van der Waals surface area contributed by atoms with E-state index in [2.05, 4.69) is 10.3 Å². The number of fused-ring (bicyclic) bond motifs is 2. The summed E-state index contributed by atoms with van der Waals surface area (Å²) >= 11 is 0. The summed E-state index contributed by atoms with van der Waals surface area (Å²) in [6, 6.07) is 7.75. The number of methoxy groups -OCH3 is 1. The zero-order valence-electron chi connectivity index (χ0n) is 22.1. The van der Waals surface area contributed by atoms with Crippen molar-refractivity contribution in [2.75, 3.05) is 25.2 Å². The molecule has 0 radical (unpaired) electrons. The van der Waals surface area contributed by atoms with Crippen LogP contribution in [0.5, 0.6) is 0 Å². The second-order valence-electron chi connectivity index (χ2n) is 10.6. The first-order valence-electron chi connectivity index (χ1n) is 13.0. The largest absolute Gasteiger partial charge is 0.469 e. The lowest BCUT2D eigenvalue weighted by atomic mass is 9.82. The van der Waals surface area contributed by atoms with Crippen LogP contribution in [0.15, 0.2) is 30.5 Å². The summed E-state index contributed by atoms with van der Waals surface area (Å²) < 4.78 is 13.2. The van der Waals surface area contributed by atoms with Crippen molar-refractivity contribution >= 4 is 25.9 Å². The van der Waals surface area contributed by atoms with Crippen LogP contribution >= 0.6 is 0 Å². The third-order valence-corrected chi connectivity index (χ3v) is 10.2. The molecule has 1 spiro atoms. The lowest BCUT2D eigenvalue weighted by Crippen LogP contribution is -2.46. The molecule has 202 valence electrons. The summed E-state index contributed by atoms with van der Waals surface area (Å²) in [5.74, 6) is -0.580. The fourth-order valence-electron chi connectivity index (χ4n) is 6.10. The molecule has 11 heteroatoms. The molecule has 4 atom stereocenters. The molecule has 1 amide bonds. The number of aryl methyl sites for hydroxylation is 1. The number of esters is 1. The van der Waals surface area contributed by atoms with Gasteiger partial charge in [-0.05, 0) is 38.4 Å². The molecule has 0 unspecified atom stereocenters. The number of nitrogens with zero attached hydrogens (tertiary/aromatic N) is 4. The third kappa shape index (κ3) is 5.22. The predicted octanol–water partition coefficient (Wildman–Crippen LogP) is 2.39. The topological polar surface area (TPSA) is 127 Å². The molecule has 1 fully saturated rings. The predicted molar refractivity (Wildman–Crippen MR) is 139 cm³/mol. The zero-order chi connectivity index (χ0) is 26.8. The van der Waals surface area contributed by atoms with E-state index < -0.39 is 13.9 Å².